The highest BCUT2D eigenvalue weighted by atomic mass is 16.5. The molecule has 0 radical (unpaired) electrons. The first-order chi connectivity index (χ1) is 18.7. The highest BCUT2D eigenvalue weighted by Crippen LogP contribution is 2.77. The lowest BCUT2D eigenvalue weighted by Gasteiger charge is -2.72. The molecule has 0 aromatic rings. The summed E-state index contributed by atoms with van der Waals surface area (Å²) in [6.07, 6.45) is 10.7. The van der Waals surface area contributed by atoms with Gasteiger partial charge in [0.25, 0.3) is 0 Å². The van der Waals surface area contributed by atoms with Gasteiger partial charge in [0.05, 0.1) is 5.41 Å². The Hall–Kier alpha value is -1.16. The largest absolute Gasteiger partial charge is 0.464 e. The zero-order chi connectivity index (χ0) is 29.3. The van der Waals surface area contributed by atoms with E-state index in [0.717, 1.165) is 64.6 Å². The first-order valence-electron chi connectivity index (χ1n) is 16.8. The van der Waals surface area contributed by atoms with Crippen LogP contribution in [0.1, 0.15) is 120 Å². The predicted molar refractivity (Wildman–Crippen MR) is 163 cm³/mol. The Balaban J connectivity index is 1.46. The second-order valence-electron chi connectivity index (χ2n) is 16.1. The minimum atomic E-state index is -0.347. The SMILES string of the molecule is C=C(C)[C@@H]1CC[C@]2(C(=O)OCCN(CC)CC)CC[C@]3(C)[C@H](CC[C@@H]4[C@@]5(C)CCC(=O)C(C)(C)[C@@H]5CC[C@]43C)[C@@H]12. The first kappa shape index (κ1) is 30.3. The summed E-state index contributed by atoms with van der Waals surface area (Å²) in [6, 6.07) is 0. The molecule has 0 N–H and O–H groups in total. The van der Waals surface area contributed by atoms with Crippen molar-refractivity contribution < 1.29 is 14.3 Å². The van der Waals surface area contributed by atoms with Crippen molar-refractivity contribution in [2.75, 3.05) is 26.2 Å². The summed E-state index contributed by atoms with van der Waals surface area (Å²) in [4.78, 5) is 29.5. The Bertz CT molecular complexity index is 1030. The Morgan fingerprint density at radius 1 is 0.900 bits per heavy atom. The van der Waals surface area contributed by atoms with Gasteiger partial charge >= 0.3 is 5.97 Å². The molecule has 0 aromatic heterocycles. The molecule has 5 rings (SSSR count). The molecular formula is C36H59NO3. The van der Waals surface area contributed by atoms with E-state index in [1.807, 2.05) is 0 Å². The van der Waals surface area contributed by atoms with Gasteiger partial charge in [0, 0.05) is 18.4 Å². The molecule has 0 spiro atoms. The van der Waals surface area contributed by atoms with Crippen molar-refractivity contribution in [3.8, 4) is 0 Å². The quantitative estimate of drug-likeness (QED) is 0.236. The molecule has 0 aliphatic heterocycles. The van der Waals surface area contributed by atoms with Crippen molar-refractivity contribution in [3.05, 3.63) is 12.2 Å². The minimum Gasteiger partial charge on any atom is -0.464 e. The number of fused-ring (bicyclic) bond motifs is 7. The van der Waals surface area contributed by atoms with Crippen LogP contribution in [0.25, 0.3) is 0 Å². The van der Waals surface area contributed by atoms with Crippen molar-refractivity contribution in [3.63, 3.8) is 0 Å². The van der Waals surface area contributed by atoms with Crippen molar-refractivity contribution in [1.29, 1.82) is 0 Å². The van der Waals surface area contributed by atoms with Crippen LogP contribution in [0.5, 0.6) is 0 Å². The molecule has 5 saturated carbocycles. The van der Waals surface area contributed by atoms with Gasteiger partial charge in [0.1, 0.15) is 12.4 Å². The van der Waals surface area contributed by atoms with Crippen molar-refractivity contribution in [2.45, 2.75) is 120 Å². The third kappa shape index (κ3) is 4.07. The monoisotopic (exact) mass is 553 g/mol. The summed E-state index contributed by atoms with van der Waals surface area (Å²) >= 11 is 0. The number of carbonyl (C=O) groups excluding carboxylic acids is 2. The van der Waals surface area contributed by atoms with Crippen molar-refractivity contribution in [2.24, 2.45) is 56.7 Å². The molecule has 4 nitrogen and oxygen atoms in total. The van der Waals surface area contributed by atoms with E-state index in [-0.39, 0.29) is 33.0 Å². The average molecular weight is 554 g/mol. The van der Waals surface area contributed by atoms with E-state index < -0.39 is 0 Å². The number of hydrogen-bond acceptors (Lipinski definition) is 4. The summed E-state index contributed by atoms with van der Waals surface area (Å²) in [5.41, 5.74) is 1.36. The van der Waals surface area contributed by atoms with Gasteiger partial charge < -0.3 is 9.64 Å². The van der Waals surface area contributed by atoms with E-state index in [2.05, 4.69) is 66.9 Å². The Morgan fingerprint density at radius 2 is 1.60 bits per heavy atom. The van der Waals surface area contributed by atoms with Crippen LogP contribution in [0.2, 0.25) is 0 Å². The van der Waals surface area contributed by atoms with E-state index >= 15 is 0 Å². The molecule has 0 unspecified atom stereocenters. The average Bonchev–Trinajstić information content (AvgIpc) is 3.31. The van der Waals surface area contributed by atoms with Crippen molar-refractivity contribution in [1.82, 2.24) is 4.90 Å². The lowest BCUT2D eigenvalue weighted by Crippen LogP contribution is -2.66. The second kappa shape index (κ2) is 10.2. The normalized spacial score (nSPS) is 45.7. The molecule has 226 valence electrons. The molecule has 4 heteroatoms. The number of carbonyl (C=O) groups is 2. The molecule has 0 saturated heterocycles. The van der Waals surface area contributed by atoms with Gasteiger partial charge in [-0.3, -0.25) is 9.59 Å². The van der Waals surface area contributed by atoms with Crippen molar-refractivity contribution >= 4 is 11.8 Å². The molecule has 9 atom stereocenters. The predicted octanol–water partition coefficient (Wildman–Crippen LogP) is 8.10. The highest BCUT2D eigenvalue weighted by molar-refractivity contribution is 5.85. The van der Waals surface area contributed by atoms with Crippen LogP contribution in [0.4, 0.5) is 0 Å². The second-order valence-corrected chi connectivity index (χ2v) is 16.1. The maximum absolute atomic E-state index is 14.1. The number of ether oxygens (including phenoxy) is 1. The third-order valence-corrected chi connectivity index (χ3v) is 14.8. The maximum Gasteiger partial charge on any atom is 0.312 e. The fourth-order valence-corrected chi connectivity index (χ4v) is 12.2. The molecule has 0 aromatic carbocycles. The standard InChI is InChI=1S/C36H59NO3/c1-10-37(11-2)22-23-40-31(39)36-19-14-25(24(3)4)30(36)26-12-13-28-33(7)17-16-29(38)32(5,6)27(33)15-18-35(28,9)34(26,8)20-21-36/h25-28,30H,3,10-23H2,1-2,4-9H3/t25-,26+,27-,28+,30+,33-,34+,35+,36-/m0/s1. The molecule has 5 aliphatic carbocycles. The smallest absolute Gasteiger partial charge is 0.312 e. The summed E-state index contributed by atoms with van der Waals surface area (Å²) in [7, 11) is 0. The van der Waals surface area contributed by atoms with Crippen LogP contribution in [-0.4, -0.2) is 42.9 Å². The number of allylic oxidation sites excluding steroid dienone is 1. The summed E-state index contributed by atoms with van der Waals surface area (Å²) in [5.74, 6) is 2.99. The van der Waals surface area contributed by atoms with Gasteiger partial charge in [0.2, 0.25) is 0 Å². The Kier molecular flexibility index (Phi) is 7.75. The van der Waals surface area contributed by atoms with Crippen LogP contribution < -0.4 is 0 Å². The van der Waals surface area contributed by atoms with Gasteiger partial charge in [-0.25, -0.2) is 0 Å². The number of hydrogen-bond donors (Lipinski definition) is 0. The molecule has 5 aliphatic rings. The molecule has 0 heterocycles. The Morgan fingerprint density at radius 3 is 2.25 bits per heavy atom. The number of Topliss-reactive ketones (excluding diaryl/α,β-unsaturated/α-hetero) is 1. The third-order valence-electron chi connectivity index (χ3n) is 14.8. The van der Waals surface area contributed by atoms with Crippen LogP contribution in [-0.2, 0) is 14.3 Å². The van der Waals surface area contributed by atoms with Gasteiger partial charge in [-0.15, -0.1) is 0 Å². The van der Waals surface area contributed by atoms with E-state index in [9.17, 15) is 9.59 Å². The number of likely N-dealkylation sites (N-methyl/N-ethyl adjacent to an activating group) is 1. The summed E-state index contributed by atoms with van der Waals surface area (Å²) in [5, 5.41) is 0. The minimum absolute atomic E-state index is 0.0888. The first-order valence-corrected chi connectivity index (χ1v) is 16.8. The summed E-state index contributed by atoms with van der Waals surface area (Å²) < 4.78 is 6.17. The van der Waals surface area contributed by atoms with Crippen LogP contribution in [0.3, 0.4) is 0 Å². The molecular weight excluding hydrogens is 494 g/mol. The molecule has 5 fully saturated rings. The molecule has 0 amide bonds. The van der Waals surface area contributed by atoms with E-state index in [1.165, 1.54) is 24.8 Å². The number of rotatable bonds is 7. The van der Waals surface area contributed by atoms with Gasteiger partial charge in [-0.05, 0) is 124 Å². The number of ketones is 1. The zero-order valence-electron chi connectivity index (χ0n) is 27.2. The van der Waals surface area contributed by atoms with Gasteiger partial charge in [0.15, 0.2) is 0 Å². The Labute approximate surface area is 245 Å². The lowest BCUT2D eigenvalue weighted by atomic mass is 9.32. The lowest BCUT2D eigenvalue weighted by molar-refractivity contribution is -0.236. The number of nitrogens with zero attached hydrogens (tertiary/aromatic N) is 1. The van der Waals surface area contributed by atoms with Crippen LogP contribution in [0, 0.1) is 56.7 Å². The topological polar surface area (TPSA) is 46.6 Å². The molecule has 0 bridgehead atoms. The fourth-order valence-electron chi connectivity index (χ4n) is 12.2. The van der Waals surface area contributed by atoms with Crippen LogP contribution in [0.15, 0.2) is 12.2 Å². The van der Waals surface area contributed by atoms with Crippen LogP contribution >= 0.6 is 0 Å². The zero-order valence-corrected chi connectivity index (χ0v) is 27.2. The van der Waals surface area contributed by atoms with E-state index in [0.29, 0.717) is 42.0 Å². The summed E-state index contributed by atoms with van der Waals surface area (Å²) in [6.45, 7) is 26.6. The van der Waals surface area contributed by atoms with Gasteiger partial charge in [-0.1, -0.05) is 60.6 Å². The highest BCUT2D eigenvalue weighted by Gasteiger charge is 2.72. The number of esters is 1. The maximum atomic E-state index is 14.1. The van der Waals surface area contributed by atoms with Gasteiger partial charge in [-0.2, -0.15) is 0 Å². The molecule has 40 heavy (non-hydrogen) atoms. The van der Waals surface area contributed by atoms with E-state index in [4.69, 9.17) is 4.74 Å². The fraction of sp³-hybridized carbons (Fsp3) is 0.889. The van der Waals surface area contributed by atoms with E-state index in [1.54, 1.807) is 0 Å².